The fraction of sp³-hybridized carbons (Fsp3) is 0.455. The van der Waals surface area contributed by atoms with Gasteiger partial charge in [-0.25, -0.2) is 4.39 Å². The second kappa shape index (κ2) is 4.59. The number of hydrogen-bond donors (Lipinski definition) is 0. The van der Waals surface area contributed by atoms with Gasteiger partial charge in [-0.15, -0.1) is 0 Å². The molecule has 0 spiro atoms. The van der Waals surface area contributed by atoms with E-state index in [4.69, 9.17) is 4.74 Å². The molecular weight excluding hydrogens is 235 g/mol. The second-order valence-electron chi connectivity index (χ2n) is 4.34. The predicted octanol–water partition coefficient (Wildman–Crippen LogP) is 3.06. The molecule has 1 nitrogen and oxygen atoms in total. The van der Waals surface area contributed by atoms with Gasteiger partial charge in [0.2, 0.25) is 0 Å². The Balaban J connectivity index is 2.08. The number of ether oxygens (including phenoxy) is 1. The van der Waals surface area contributed by atoms with Crippen LogP contribution in [0.25, 0.3) is 0 Å². The third-order valence-corrected chi connectivity index (χ3v) is 2.81. The summed E-state index contributed by atoms with van der Waals surface area (Å²) in [7, 11) is 0. The van der Waals surface area contributed by atoms with Gasteiger partial charge >= 0.3 is 6.98 Å². The van der Waals surface area contributed by atoms with Gasteiger partial charge in [0, 0.05) is 6.07 Å². The van der Waals surface area contributed by atoms with Crippen LogP contribution < -0.4 is 10.2 Å². The summed E-state index contributed by atoms with van der Waals surface area (Å²) in [5.74, 6) is -0.531. The van der Waals surface area contributed by atoms with Crippen LogP contribution in [0.4, 0.5) is 17.3 Å². The minimum atomic E-state index is -5.16. The molecule has 0 atom stereocenters. The fourth-order valence-corrected chi connectivity index (χ4v) is 1.65. The van der Waals surface area contributed by atoms with E-state index in [1.807, 2.05) is 0 Å². The standard InChI is InChI=1S/C11H12BF4O/c13-9-3-4-10(12(14,15)16)11(7-9)17-6-5-8-1-2-8/h3-4,7-8H,1-2,5-6H2/q-1. The molecule has 1 aliphatic rings. The molecule has 1 aromatic carbocycles. The second-order valence-corrected chi connectivity index (χ2v) is 4.34. The summed E-state index contributed by atoms with van der Waals surface area (Å²) in [6, 6.07) is 2.34. The SMILES string of the molecule is Fc1ccc([B-](F)(F)F)c(OCCC2CC2)c1. The molecule has 1 aromatic rings. The highest BCUT2D eigenvalue weighted by atomic mass is 19.4. The molecule has 94 valence electrons. The lowest BCUT2D eigenvalue weighted by Crippen LogP contribution is -2.35. The van der Waals surface area contributed by atoms with E-state index in [1.54, 1.807) is 0 Å². The van der Waals surface area contributed by atoms with Crippen LogP contribution in [0.15, 0.2) is 18.2 Å². The maximum atomic E-state index is 12.9. The van der Waals surface area contributed by atoms with Gasteiger partial charge in [0.15, 0.2) is 0 Å². The quantitative estimate of drug-likeness (QED) is 0.573. The van der Waals surface area contributed by atoms with Crippen molar-refractivity contribution >= 4 is 12.4 Å². The molecule has 0 amide bonds. The van der Waals surface area contributed by atoms with Crippen molar-refractivity contribution in [2.75, 3.05) is 6.61 Å². The Morgan fingerprint density at radius 3 is 2.53 bits per heavy atom. The van der Waals surface area contributed by atoms with E-state index >= 15 is 0 Å². The predicted molar refractivity (Wildman–Crippen MR) is 57.9 cm³/mol. The average molecular weight is 247 g/mol. The summed E-state index contributed by atoms with van der Waals surface area (Å²) >= 11 is 0. The summed E-state index contributed by atoms with van der Waals surface area (Å²) in [5, 5.41) is 0. The molecule has 0 heterocycles. The zero-order chi connectivity index (χ0) is 12.5. The molecule has 2 rings (SSSR count). The highest BCUT2D eigenvalue weighted by Crippen LogP contribution is 2.32. The van der Waals surface area contributed by atoms with Crippen LogP contribution in [-0.4, -0.2) is 13.6 Å². The Bertz CT molecular complexity index is 401. The summed E-state index contributed by atoms with van der Waals surface area (Å²) in [6.45, 7) is -4.94. The zero-order valence-electron chi connectivity index (χ0n) is 9.14. The number of rotatable bonds is 5. The van der Waals surface area contributed by atoms with Crippen molar-refractivity contribution in [3.05, 3.63) is 24.0 Å². The summed E-state index contributed by atoms with van der Waals surface area (Å²) in [6.07, 6.45) is 2.96. The van der Waals surface area contributed by atoms with Crippen LogP contribution in [0.3, 0.4) is 0 Å². The Labute approximate surface area is 96.8 Å². The van der Waals surface area contributed by atoms with Gasteiger partial charge < -0.3 is 17.7 Å². The zero-order valence-corrected chi connectivity index (χ0v) is 9.14. The van der Waals surface area contributed by atoms with E-state index in [-0.39, 0.29) is 6.61 Å². The molecule has 6 heteroatoms. The Kier molecular flexibility index (Phi) is 3.31. The van der Waals surface area contributed by atoms with Crippen LogP contribution in [0, 0.1) is 11.7 Å². The largest absolute Gasteiger partial charge is 0.513 e. The van der Waals surface area contributed by atoms with Gasteiger partial charge in [-0.3, -0.25) is 0 Å². The molecule has 1 fully saturated rings. The summed E-state index contributed by atoms with van der Waals surface area (Å²) in [4.78, 5) is 0. The summed E-state index contributed by atoms with van der Waals surface area (Å²) < 4.78 is 55.9. The first kappa shape index (κ1) is 12.3. The van der Waals surface area contributed by atoms with Gasteiger partial charge in [-0.2, -0.15) is 0 Å². The van der Waals surface area contributed by atoms with Crippen molar-refractivity contribution in [2.24, 2.45) is 5.92 Å². The molecule has 0 N–H and O–H groups in total. The van der Waals surface area contributed by atoms with Crippen LogP contribution in [0.1, 0.15) is 19.3 Å². The Morgan fingerprint density at radius 1 is 1.24 bits per heavy atom. The lowest BCUT2D eigenvalue weighted by Gasteiger charge is -2.19. The maximum absolute atomic E-state index is 12.9. The Morgan fingerprint density at radius 2 is 1.94 bits per heavy atom. The minimum Gasteiger partial charge on any atom is -0.496 e. The van der Waals surface area contributed by atoms with E-state index in [0.717, 1.165) is 37.5 Å². The van der Waals surface area contributed by atoms with E-state index in [2.05, 4.69) is 0 Å². The highest BCUT2D eigenvalue weighted by molar-refractivity contribution is 6.74. The van der Waals surface area contributed by atoms with Crippen molar-refractivity contribution in [2.45, 2.75) is 19.3 Å². The van der Waals surface area contributed by atoms with Crippen molar-refractivity contribution in [3.8, 4) is 5.75 Å². The topological polar surface area (TPSA) is 9.23 Å². The monoisotopic (exact) mass is 247 g/mol. The molecule has 0 saturated heterocycles. The molecule has 0 bridgehead atoms. The first-order valence-electron chi connectivity index (χ1n) is 5.59. The third kappa shape index (κ3) is 3.38. The smallest absolute Gasteiger partial charge is 0.496 e. The molecule has 1 saturated carbocycles. The van der Waals surface area contributed by atoms with Crippen molar-refractivity contribution < 1.29 is 22.1 Å². The molecule has 0 aromatic heterocycles. The fourth-order valence-electron chi connectivity index (χ4n) is 1.65. The van der Waals surface area contributed by atoms with E-state index < -0.39 is 24.0 Å². The van der Waals surface area contributed by atoms with Crippen molar-refractivity contribution in [1.82, 2.24) is 0 Å². The Hall–Kier alpha value is -1.20. The number of benzene rings is 1. The number of halogens is 4. The third-order valence-electron chi connectivity index (χ3n) is 2.81. The van der Waals surface area contributed by atoms with Gasteiger partial charge in [0.05, 0.1) is 12.4 Å². The van der Waals surface area contributed by atoms with E-state index in [9.17, 15) is 17.3 Å². The lowest BCUT2D eigenvalue weighted by molar-refractivity contribution is 0.302. The van der Waals surface area contributed by atoms with Crippen molar-refractivity contribution in [3.63, 3.8) is 0 Å². The first-order valence-corrected chi connectivity index (χ1v) is 5.59. The molecule has 17 heavy (non-hydrogen) atoms. The highest BCUT2D eigenvalue weighted by Gasteiger charge is 2.29. The van der Waals surface area contributed by atoms with E-state index in [1.165, 1.54) is 0 Å². The maximum Gasteiger partial charge on any atom is 0.513 e. The average Bonchev–Trinajstić information content (AvgIpc) is 2.99. The van der Waals surface area contributed by atoms with Crippen LogP contribution in [0.5, 0.6) is 5.75 Å². The normalized spacial score (nSPS) is 16.0. The molecule has 0 unspecified atom stereocenters. The molecular formula is C11H12BF4O-. The lowest BCUT2D eigenvalue weighted by atomic mass is 9.79. The van der Waals surface area contributed by atoms with Gasteiger partial charge in [-0.1, -0.05) is 24.4 Å². The van der Waals surface area contributed by atoms with Gasteiger partial charge in [-0.05, 0) is 18.4 Å². The summed E-state index contributed by atoms with van der Waals surface area (Å²) in [5.41, 5.74) is -0.859. The molecule has 1 aliphatic carbocycles. The van der Waals surface area contributed by atoms with E-state index in [0.29, 0.717) is 5.92 Å². The van der Waals surface area contributed by atoms with Crippen LogP contribution in [0.2, 0.25) is 0 Å². The molecule has 0 aliphatic heterocycles. The van der Waals surface area contributed by atoms with Crippen LogP contribution >= 0.6 is 0 Å². The van der Waals surface area contributed by atoms with Crippen molar-refractivity contribution in [1.29, 1.82) is 0 Å². The minimum absolute atomic E-state index is 0.216. The van der Waals surface area contributed by atoms with Crippen LogP contribution in [-0.2, 0) is 0 Å². The number of hydrogen-bond acceptors (Lipinski definition) is 1. The van der Waals surface area contributed by atoms with Gasteiger partial charge in [0.1, 0.15) is 5.82 Å². The van der Waals surface area contributed by atoms with Gasteiger partial charge in [0.25, 0.3) is 0 Å². The molecule has 0 radical (unpaired) electrons. The first-order chi connectivity index (χ1) is 7.97.